The van der Waals surface area contributed by atoms with Gasteiger partial charge in [-0.2, -0.15) is 0 Å². The predicted molar refractivity (Wildman–Crippen MR) is 104 cm³/mol. The van der Waals surface area contributed by atoms with Gasteiger partial charge in [-0.05, 0) is 13.1 Å². The van der Waals surface area contributed by atoms with E-state index in [4.69, 9.17) is 9.47 Å². The summed E-state index contributed by atoms with van der Waals surface area (Å²) in [6, 6.07) is 7.86. The zero-order chi connectivity index (χ0) is 16.3. The van der Waals surface area contributed by atoms with Crippen molar-refractivity contribution in [3.8, 4) is 5.75 Å². The van der Waals surface area contributed by atoms with Gasteiger partial charge in [0.25, 0.3) is 0 Å². The number of benzene rings is 1. The van der Waals surface area contributed by atoms with Gasteiger partial charge in [0.15, 0.2) is 0 Å². The SMILES string of the molecule is CNCCC(=O)NCc1ccccc1OCCN1CCOCC1.Cl.Cl. The lowest BCUT2D eigenvalue weighted by molar-refractivity contribution is -0.121. The van der Waals surface area contributed by atoms with Crippen molar-refractivity contribution in [1.29, 1.82) is 0 Å². The van der Waals surface area contributed by atoms with Crippen molar-refractivity contribution in [1.82, 2.24) is 15.5 Å². The van der Waals surface area contributed by atoms with E-state index in [1.807, 2.05) is 31.3 Å². The lowest BCUT2D eigenvalue weighted by atomic mass is 10.2. The van der Waals surface area contributed by atoms with Crippen LogP contribution in [0.2, 0.25) is 0 Å². The molecule has 0 radical (unpaired) electrons. The number of halogens is 2. The van der Waals surface area contributed by atoms with Gasteiger partial charge in [-0.1, -0.05) is 18.2 Å². The van der Waals surface area contributed by atoms with Gasteiger partial charge in [-0.25, -0.2) is 0 Å². The third-order valence-electron chi connectivity index (χ3n) is 3.82. The van der Waals surface area contributed by atoms with E-state index in [1.54, 1.807) is 0 Å². The topological polar surface area (TPSA) is 62.8 Å². The van der Waals surface area contributed by atoms with Gasteiger partial charge in [0, 0.05) is 44.7 Å². The molecule has 1 aromatic carbocycles. The first-order valence-corrected chi connectivity index (χ1v) is 8.21. The van der Waals surface area contributed by atoms with Crippen LogP contribution < -0.4 is 15.4 Å². The summed E-state index contributed by atoms with van der Waals surface area (Å²) in [7, 11) is 1.84. The number of rotatable bonds is 9. The van der Waals surface area contributed by atoms with Crippen molar-refractivity contribution < 1.29 is 14.3 Å². The van der Waals surface area contributed by atoms with E-state index in [2.05, 4.69) is 15.5 Å². The molecule has 0 bridgehead atoms. The number of nitrogens with zero attached hydrogens (tertiary/aromatic N) is 1. The van der Waals surface area contributed by atoms with Gasteiger partial charge in [0.05, 0.1) is 13.2 Å². The van der Waals surface area contributed by atoms with E-state index < -0.39 is 0 Å². The van der Waals surface area contributed by atoms with Crippen molar-refractivity contribution in [2.45, 2.75) is 13.0 Å². The molecule has 8 heteroatoms. The summed E-state index contributed by atoms with van der Waals surface area (Å²) in [6.45, 7) is 6.25. The fourth-order valence-corrected chi connectivity index (χ4v) is 2.42. The molecule has 0 atom stereocenters. The zero-order valence-electron chi connectivity index (χ0n) is 14.7. The van der Waals surface area contributed by atoms with Crippen molar-refractivity contribution in [2.75, 3.05) is 53.0 Å². The minimum absolute atomic E-state index is 0. The molecule has 0 spiro atoms. The second-order valence-corrected chi connectivity index (χ2v) is 5.54. The molecular formula is C17H29Cl2N3O3. The minimum atomic E-state index is 0. The first kappa shape index (κ1) is 23.9. The highest BCUT2D eigenvalue weighted by molar-refractivity contribution is 5.85. The van der Waals surface area contributed by atoms with Crippen LogP contribution in [0.4, 0.5) is 0 Å². The third-order valence-corrected chi connectivity index (χ3v) is 3.82. The molecule has 6 nitrogen and oxygen atoms in total. The first-order chi connectivity index (χ1) is 11.3. The molecule has 1 aliphatic heterocycles. The molecule has 1 aromatic rings. The maximum Gasteiger partial charge on any atom is 0.221 e. The quantitative estimate of drug-likeness (QED) is 0.664. The number of para-hydroxylation sites is 1. The van der Waals surface area contributed by atoms with Crippen LogP contribution >= 0.6 is 24.8 Å². The molecule has 1 heterocycles. The van der Waals surface area contributed by atoms with Crippen molar-refractivity contribution in [3.05, 3.63) is 29.8 Å². The predicted octanol–water partition coefficient (Wildman–Crippen LogP) is 1.47. The zero-order valence-corrected chi connectivity index (χ0v) is 16.3. The molecule has 1 fully saturated rings. The van der Waals surface area contributed by atoms with Crippen LogP contribution in [-0.4, -0.2) is 63.9 Å². The van der Waals surface area contributed by atoms with Crippen LogP contribution in [-0.2, 0) is 16.1 Å². The number of amides is 1. The van der Waals surface area contributed by atoms with Gasteiger partial charge >= 0.3 is 0 Å². The molecule has 1 amide bonds. The molecule has 0 aliphatic carbocycles. The molecule has 0 saturated carbocycles. The number of carbonyl (C=O) groups is 1. The fraction of sp³-hybridized carbons (Fsp3) is 0.588. The Morgan fingerprint density at radius 2 is 1.96 bits per heavy atom. The Kier molecular flexibility index (Phi) is 13.6. The lowest BCUT2D eigenvalue weighted by Gasteiger charge is -2.26. The fourth-order valence-electron chi connectivity index (χ4n) is 2.42. The largest absolute Gasteiger partial charge is 0.492 e. The Hall–Kier alpha value is -1.05. The lowest BCUT2D eigenvalue weighted by Crippen LogP contribution is -2.38. The van der Waals surface area contributed by atoms with Crippen LogP contribution in [0.25, 0.3) is 0 Å². The van der Waals surface area contributed by atoms with E-state index >= 15 is 0 Å². The van der Waals surface area contributed by atoms with Crippen LogP contribution in [0.3, 0.4) is 0 Å². The monoisotopic (exact) mass is 393 g/mol. The standard InChI is InChI=1S/C17H27N3O3.2ClH/c1-18-7-6-17(21)19-14-15-4-2-3-5-16(15)23-13-10-20-8-11-22-12-9-20;;/h2-5,18H,6-14H2,1H3,(H,19,21);2*1H. The van der Waals surface area contributed by atoms with E-state index in [0.29, 0.717) is 26.1 Å². The normalized spacial score (nSPS) is 14.1. The van der Waals surface area contributed by atoms with Gasteiger partial charge < -0.3 is 20.1 Å². The number of hydrogen-bond donors (Lipinski definition) is 2. The Bertz CT molecular complexity index is 486. The maximum absolute atomic E-state index is 11.7. The van der Waals surface area contributed by atoms with Crippen LogP contribution in [0.15, 0.2) is 24.3 Å². The van der Waals surface area contributed by atoms with Crippen LogP contribution in [0, 0.1) is 0 Å². The average molecular weight is 394 g/mol. The second-order valence-electron chi connectivity index (χ2n) is 5.54. The molecule has 2 N–H and O–H groups in total. The van der Waals surface area contributed by atoms with Crippen LogP contribution in [0.5, 0.6) is 5.75 Å². The number of morpholine rings is 1. The number of carbonyl (C=O) groups excluding carboxylic acids is 1. The molecule has 1 aliphatic rings. The Morgan fingerprint density at radius 1 is 1.24 bits per heavy atom. The smallest absolute Gasteiger partial charge is 0.221 e. The van der Waals surface area contributed by atoms with E-state index in [-0.39, 0.29) is 30.7 Å². The minimum Gasteiger partial charge on any atom is -0.492 e. The summed E-state index contributed by atoms with van der Waals surface area (Å²) in [6.07, 6.45) is 0.483. The molecule has 1 saturated heterocycles. The molecule has 2 rings (SSSR count). The molecule has 0 aromatic heterocycles. The summed E-state index contributed by atoms with van der Waals surface area (Å²) in [5.41, 5.74) is 1.01. The molecule has 0 unspecified atom stereocenters. The second kappa shape index (κ2) is 14.2. The Balaban J connectivity index is 0.00000288. The molecule has 144 valence electrons. The summed E-state index contributed by atoms with van der Waals surface area (Å²) >= 11 is 0. The summed E-state index contributed by atoms with van der Waals surface area (Å²) in [5.74, 6) is 0.886. The van der Waals surface area contributed by atoms with Gasteiger partial charge in [-0.3, -0.25) is 9.69 Å². The van der Waals surface area contributed by atoms with Gasteiger partial charge in [0.1, 0.15) is 12.4 Å². The van der Waals surface area contributed by atoms with Gasteiger partial charge in [-0.15, -0.1) is 24.8 Å². The summed E-state index contributed by atoms with van der Waals surface area (Å²) < 4.78 is 11.2. The number of hydrogen-bond acceptors (Lipinski definition) is 5. The highest BCUT2D eigenvalue weighted by Crippen LogP contribution is 2.17. The molecular weight excluding hydrogens is 365 g/mol. The summed E-state index contributed by atoms with van der Waals surface area (Å²) in [4.78, 5) is 14.0. The van der Waals surface area contributed by atoms with E-state index in [9.17, 15) is 4.79 Å². The van der Waals surface area contributed by atoms with Gasteiger partial charge in [0.2, 0.25) is 5.91 Å². The third kappa shape index (κ3) is 9.28. The first-order valence-electron chi connectivity index (χ1n) is 8.21. The van der Waals surface area contributed by atoms with Crippen molar-refractivity contribution >= 4 is 30.7 Å². The Labute approximate surface area is 162 Å². The van der Waals surface area contributed by atoms with Crippen molar-refractivity contribution in [3.63, 3.8) is 0 Å². The van der Waals surface area contributed by atoms with E-state index in [1.165, 1.54) is 0 Å². The highest BCUT2D eigenvalue weighted by Gasteiger charge is 2.11. The van der Waals surface area contributed by atoms with Crippen LogP contribution in [0.1, 0.15) is 12.0 Å². The van der Waals surface area contributed by atoms with E-state index in [0.717, 1.165) is 44.2 Å². The Morgan fingerprint density at radius 3 is 2.68 bits per heavy atom. The maximum atomic E-state index is 11.7. The van der Waals surface area contributed by atoms with Crippen molar-refractivity contribution in [2.24, 2.45) is 0 Å². The number of ether oxygens (including phenoxy) is 2. The summed E-state index contributed by atoms with van der Waals surface area (Å²) in [5, 5.41) is 5.90. The molecule has 25 heavy (non-hydrogen) atoms. The average Bonchev–Trinajstić information content (AvgIpc) is 2.60. The number of nitrogens with one attached hydrogen (secondary N) is 2. The highest BCUT2D eigenvalue weighted by atomic mass is 35.5.